The van der Waals surface area contributed by atoms with Crippen molar-refractivity contribution in [3.05, 3.63) is 83.4 Å². The molecule has 0 saturated carbocycles. The maximum atomic E-state index is 14.6. The highest BCUT2D eigenvalue weighted by Crippen LogP contribution is 2.32. The van der Waals surface area contributed by atoms with Gasteiger partial charge in [0.2, 0.25) is 0 Å². The monoisotopic (exact) mass is 419 g/mol. The van der Waals surface area contributed by atoms with Crippen molar-refractivity contribution in [2.75, 3.05) is 11.9 Å². The molecule has 0 heterocycles. The minimum absolute atomic E-state index is 0.104. The first kappa shape index (κ1) is 21.2. The van der Waals surface area contributed by atoms with Crippen molar-refractivity contribution in [1.29, 1.82) is 0 Å². The second kappa shape index (κ2) is 8.86. The summed E-state index contributed by atoms with van der Waals surface area (Å²) in [5, 5.41) is 11.2. The molecule has 3 aromatic rings. The standard InChI is InChI=1S/C22H17F4NO3/c1-12(27-22-18(25)7-8-19(21(22)26)30-11-20(28)29)16-10-14(5-6-17(16)24)13-3-2-4-15(23)9-13/h2-10,12,27H,11H2,1H3,(H,28,29)/t12-/m1/s1. The molecule has 3 aromatic carbocycles. The number of carboxylic acids is 1. The molecule has 30 heavy (non-hydrogen) atoms. The Morgan fingerprint density at radius 2 is 1.70 bits per heavy atom. The lowest BCUT2D eigenvalue weighted by atomic mass is 9.99. The van der Waals surface area contributed by atoms with E-state index in [9.17, 15) is 22.4 Å². The SMILES string of the molecule is C[C@@H](Nc1c(F)ccc(OCC(=O)O)c1F)c1cc(-c2cccc(F)c2)ccc1F. The largest absolute Gasteiger partial charge is 0.479 e. The zero-order chi connectivity index (χ0) is 21.8. The third-order valence-electron chi connectivity index (χ3n) is 4.39. The normalized spacial score (nSPS) is 11.8. The third-order valence-corrected chi connectivity index (χ3v) is 4.39. The lowest BCUT2D eigenvalue weighted by molar-refractivity contribution is -0.139. The van der Waals surface area contributed by atoms with Crippen LogP contribution >= 0.6 is 0 Å². The Morgan fingerprint density at radius 3 is 2.40 bits per heavy atom. The van der Waals surface area contributed by atoms with Crippen molar-refractivity contribution < 1.29 is 32.2 Å². The number of rotatable bonds is 7. The second-order valence-corrected chi connectivity index (χ2v) is 6.53. The van der Waals surface area contributed by atoms with Crippen molar-refractivity contribution in [3.63, 3.8) is 0 Å². The van der Waals surface area contributed by atoms with Gasteiger partial charge in [-0.2, -0.15) is 0 Å². The fourth-order valence-corrected chi connectivity index (χ4v) is 2.93. The summed E-state index contributed by atoms with van der Waals surface area (Å²) in [4.78, 5) is 10.6. The number of benzene rings is 3. The lowest BCUT2D eigenvalue weighted by Crippen LogP contribution is -2.14. The van der Waals surface area contributed by atoms with E-state index in [1.807, 2.05) is 0 Å². The number of hydrogen-bond acceptors (Lipinski definition) is 3. The van der Waals surface area contributed by atoms with Gasteiger partial charge in [0, 0.05) is 5.56 Å². The molecule has 8 heteroatoms. The fourth-order valence-electron chi connectivity index (χ4n) is 2.93. The number of nitrogens with one attached hydrogen (secondary N) is 1. The van der Waals surface area contributed by atoms with Gasteiger partial charge in [-0.05, 0) is 54.4 Å². The molecule has 0 aliphatic carbocycles. The Bertz CT molecular complexity index is 1090. The van der Waals surface area contributed by atoms with Crippen LogP contribution in [0.5, 0.6) is 5.75 Å². The molecular formula is C22H17F4NO3. The molecule has 1 atom stereocenters. The molecule has 4 nitrogen and oxygen atoms in total. The van der Waals surface area contributed by atoms with E-state index < -0.39 is 53.3 Å². The highest BCUT2D eigenvalue weighted by atomic mass is 19.1. The third kappa shape index (κ3) is 4.71. The van der Waals surface area contributed by atoms with E-state index >= 15 is 0 Å². The van der Waals surface area contributed by atoms with Gasteiger partial charge in [0.05, 0.1) is 6.04 Å². The van der Waals surface area contributed by atoms with Crippen molar-refractivity contribution in [3.8, 4) is 16.9 Å². The van der Waals surface area contributed by atoms with Crippen LogP contribution in [0.1, 0.15) is 18.5 Å². The molecule has 0 bridgehead atoms. The molecule has 0 fully saturated rings. The van der Waals surface area contributed by atoms with Crippen LogP contribution in [0.2, 0.25) is 0 Å². The van der Waals surface area contributed by atoms with Gasteiger partial charge in [0.15, 0.2) is 18.2 Å². The van der Waals surface area contributed by atoms with E-state index in [2.05, 4.69) is 5.32 Å². The zero-order valence-corrected chi connectivity index (χ0v) is 15.8. The highest BCUT2D eigenvalue weighted by molar-refractivity contribution is 5.68. The number of carboxylic acid groups (broad SMARTS) is 1. The average molecular weight is 419 g/mol. The van der Waals surface area contributed by atoms with Crippen LogP contribution in [0.3, 0.4) is 0 Å². The quantitative estimate of drug-likeness (QED) is 0.493. The number of halogens is 4. The van der Waals surface area contributed by atoms with Crippen molar-refractivity contribution >= 4 is 11.7 Å². The molecule has 0 saturated heterocycles. The van der Waals surface area contributed by atoms with Crippen LogP contribution in [0.4, 0.5) is 23.2 Å². The Morgan fingerprint density at radius 1 is 1.00 bits per heavy atom. The Balaban J connectivity index is 1.91. The minimum Gasteiger partial charge on any atom is -0.479 e. The van der Waals surface area contributed by atoms with E-state index in [1.165, 1.54) is 43.3 Å². The molecule has 0 aliphatic rings. The van der Waals surface area contributed by atoms with Crippen molar-refractivity contribution in [2.45, 2.75) is 13.0 Å². The van der Waals surface area contributed by atoms with E-state index in [-0.39, 0.29) is 5.56 Å². The Kier molecular flexibility index (Phi) is 6.25. The predicted molar refractivity (Wildman–Crippen MR) is 103 cm³/mol. The molecule has 0 amide bonds. The Hall–Kier alpha value is -3.55. The van der Waals surface area contributed by atoms with E-state index in [1.54, 1.807) is 6.07 Å². The van der Waals surface area contributed by atoms with E-state index in [0.717, 1.165) is 12.1 Å². The molecule has 0 radical (unpaired) electrons. The summed E-state index contributed by atoms with van der Waals surface area (Å²) in [7, 11) is 0. The summed E-state index contributed by atoms with van der Waals surface area (Å²) >= 11 is 0. The lowest BCUT2D eigenvalue weighted by Gasteiger charge is -2.19. The molecule has 156 valence electrons. The van der Waals surface area contributed by atoms with Crippen LogP contribution < -0.4 is 10.1 Å². The minimum atomic E-state index is -1.32. The smallest absolute Gasteiger partial charge is 0.341 e. The van der Waals surface area contributed by atoms with Gasteiger partial charge >= 0.3 is 5.97 Å². The number of hydrogen-bond donors (Lipinski definition) is 2. The van der Waals surface area contributed by atoms with Gasteiger partial charge in [-0.1, -0.05) is 18.2 Å². The summed E-state index contributed by atoms with van der Waals surface area (Å²) in [5.41, 5.74) is 0.567. The van der Waals surface area contributed by atoms with Crippen molar-refractivity contribution in [2.24, 2.45) is 0 Å². The molecule has 0 spiro atoms. The second-order valence-electron chi connectivity index (χ2n) is 6.53. The van der Waals surface area contributed by atoms with Crippen LogP contribution in [0, 0.1) is 23.3 Å². The summed E-state index contributed by atoms with van der Waals surface area (Å²) in [6.07, 6.45) is 0. The molecular weight excluding hydrogens is 402 g/mol. The van der Waals surface area contributed by atoms with Crippen LogP contribution in [-0.2, 0) is 4.79 Å². The molecule has 2 N–H and O–H groups in total. The first-order valence-corrected chi connectivity index (χ1v) is 8.90. The average Bonchev–Trinajstić information content (AvgIpc) is 2.70. The fraction of sp³-hybridized carbons (Fsp3) is 0.136. The summed E-state index contributed by atoms with van der Waals surface area (Å²) in [6, 6.07) is 10.9. The first-order valence-electron chi connectivity index (χ1n) is 8.90. The summed E-state index contributed by atoms with van der Waals surface area (Å²) in [5.74, 6) is -4.94. The van der Waals surface area contributed by atoms with Crippen LogP contribution in [-0.4, -0.2) is 17.7 Å². The van der Waals surface area contributed by atoms with Crippen LogP contribution in [0.15, 0.2) is 54.6 Å². The van der Waals surface area contributed by atoms with Gasteiger partial charge < -0.3 is 15.2 Å². The maximum Gasteiger partial charge on any atom is 0.341 e. The number of aliphatic carboxylic acids is 1. The van der Waals surface area contributed by atoms with Gasteiger partial charge in [-0.25, -0.2) is 22.4 Å². The zero-order valence-electron chi connectivity index (χ0n) is 15.8. The number of anilines is 1. The first-order chi connectivity index (χ1) is 14.3. The molecule has 0 aliphatic heterocycles. The van der Waals surface area contributed by atoms with E-state index in [4.69, 9.17) is 9.84 Å². The summed E-state index contributed by atoms with van der Waals surface area (Å²) in [6.45, 7) is 0.694. The van der Waals surface area contributed by atoms with Gasteiger partial charge in [0.25, 0.3) is 0 Å². The van der Waals surface area contributed by atoms with Crippen molar-refractivity contribution in [1.82, 2.24) is 0 Å². The van der Waals surface area contributed by atoms with E-state index in [0.29, 0.717) is 11.1 Å². The predicted octanol–water partition coefficient (Wildman–Crippen LogP) is 5.55. The number of ether oxygens (including phenoxy) is 1. The van der Waals surface area contributed by atoms with Gasteiger partial charge in [-0.15, -0.1) is 0 Å². The maximum absolute atomic E-state index is 14.6. The molecule has 3 rings (SSSR count). The summed E-state index contributed by atoms with van der Waals surface area (Å²) < 4.78 is 61.5. The topological polar surface area (TPSA) is 58.6 Å². The Labute approximate surface area is 169 Å². The van der Waals surface area contributed by atoms with Gasteiger partial charge in [-0.3, -0.25) is 0 Å². The van der Waals surface area contributed by atoms with Crippen LogP contribution in [0.25, 0.3) is 11.1 Å². The molecule has 0 aromatic heterocycles. The number of carbonyl (C=O) groups is 1. The highest BCUT2D eigenvalue weighted by Gasteiger charge is 2.20. The van der Waals surface area contributed by atoms with Gasteiger partial charge in [0.1, 0.15) is 23.1 Å². The molecule has 0 unspecified atom stereocenters.